The average molecular weight is 415 g/mol. The number of hydrogen-bond donors (Lipinski definition) is 2. The van der Waals surface area contributed by atoms with Crippen LogP contribution in [0.5, 0.6) is 0 Å². The van der Waals surface area contributed by atoms with Crippen molar-refractivity contribution in [2.45, 2.75) is 97.3 Å². The van der Waals surface area contributed by atoms with Crippen molar-refractivity contribution in [3.8, 4) is 0 Å². The van der Waals surface area contributed by atoms with Crippen LogP contribution in [0, 0.1) is 11.8 Å². The Balaban J connectivity index is 2.09. The van der Waals surface area contributed by atoms with E-state index in [0.29, 0.717) is 24.8 Å². The third kappa shape index (κ3) is 5.65. The monoisotopic (exact) mass is 414 g/mol. The zero-order valence-corrected chi connectivity index (χ0v) is 18.3. The number of allylic oxidation sites excluding steroid dienone is 3. The molecule has 0 saturated heterocycles. The Hall–Kier alpha value is -1.30. The summed E-state index contributed by atoms with van der Waals surface area (Å²) in [4.78, 5) is 11.4. The van der Waals surface area contributed by atoms with Crippen LogP contribution in [-0.2, 0) is 4.79 Å². The lowest BCUT2D eigenvalue weighted by Crippen LogP contribution is -2.54. The van der Waals surface area contributed by atoms with E-state index in [1.807, 2.05) is 0 Å². The van der Waals surface area contributed by atoms with Gasteiger partial charge < -0.3 is 10.6 Å². The van der Waals surface area contributed by atoms with E-state index in [4.69, 9.17) is 0 Å². The minimum absolute atomic E-state index is 0.116. The Morgan fingerprint density at radius 2 is 1.62 bits per heavy atom. The van der Waals surface area contributed by atoms with Crippen LogP contribution in [0.3, 0.4) is 0 Å². The van der Waals surface area contributed by atoms with Crippen molar-refractivity contribution in [3.63, 3.8) is 0 Å². The van der Waals surface area contributed by atoms with E-state index < -0.39 is 18.1 Å². The second-order valence-corrected chi connectivity index (χ2v) is 8.28. The van der Waals surface area contributed by atoms with Gasteiger partial charge in [-0.1, -0.05) is 52.2 Å². The predicted octanol–water partition coefficient (Wildman–Crippen LogP) is 5.67. The van der Waals surface area contributed by atoms with Crippen LogP contribution >= 0.6 is 0 Å². The number of amides is 1. The van der Waals surface area contributed by atoms with Gasteiger partial charge in [-0.2, -0.15) is 13.2 Å². The number of hydrogen-bond acceptors (Lipinski definition) is 2. The first-order valence-corrected chi connectivity index (χ1v) is 11.3. The van der Waals surface area contributed by atoms with E-state index in [1.165, 1.54) is 11.1 Å². The minimum atomic E-state index is -4.82. The molecule has 166 valence electrons. The number of alkyl halides is 3. The highest BCUT2D eigenvalue weighted by Crippen LogP contribution is 2.47. The maximum Gasteiger partial charge on any atom is 0.471 e. The zero-order valence-electron chi connectivity index (χ0n) is 18.3. The quantitative estimate of drug-likeness (QED) is 0.537. The summed E-state index contributed by atoms with van der Waals surface area (Å²) in [5, 5.41) is 5.63. The Bertz CT molecular complexity index is 624. The van der Waals surface area contributed by atoms with Crippen molar-refractivity contribution in [2.24, 2.45) is 11.8 Å². The van der Waals surface area contributed by atoms with Crippen molar-refractivity contribution < 1.29 is 18.0 Å². The molecule has 4 atom stereocenters. The van der Waals surface area contributed by atoms with Gasteiger partial charge in [0.05, 0.1) is 0 Å². The Morgan fingerprint density at radius 3 is 2.14 bits per heavy atom. The summed E-state index contributed by atoms with van der Waals surface area (Å²) in [5.74, 6) is -0.676. The summed E-state index contributed by atoms with van der Waals surface area (Å²) in [6.07, 6.45) is 4.98. The second kappa shape index (κ2) is 10.6. The number of rotatable bonds is 8. The molecule has 3 nitrogen and oxygen atoms in total. The SMILES string of the molecule is CCC1=C(CC)C(CC)C(CC)/C1=C\CN[C@@H]1CCCC[C@H]1NC(=O)C(F)(F)F. The molecule has 2 aliphatic rings. The van der Waals surface area contributed by atoms with E-state index >= 15 is 0 Å². The normalized spacial score (nSPS) is 29.6. The van der Waals surface area contributed by atoms with E-state index in [9.17, 15) is 18.0 Å². The average Bonchev–Trinajstić information content (AvgIpc) is 2.99. The van der Waals surface area contributed by atoms with Crippen LogP contribution in [0.4, 0.5) is 13.2 Å². The standard InChI is InChI=1S/C23H37F3N2O/c1-5-15-16(6-2)18(8-4)19(17(15)7-3)13-14-27-20-11-9-10-12-21(20)28-22(29)23(24,25)26/h13,15,17,20-21,27H,5-12,14H2,1-4H3,(H,28,29)/b19-13+/t15?,17?,20-,21-/m1/s1. The first-order valence-electron chi connectivity index (χ1n) is 11.3. The molecule has 6 heteroatoms. The van der Waals surface area contributed by atoms with Gasteiger partial charge in [-0.3, -0.25) is 4.79 Å². The van der Waals surface area contributed by atoms with Gasteiger partial charge in [0.2, 0.25) is 0 Å². The molecule has 0 spiro atoms. The molecule has 0 aromatic heterocycles. The van der Waals surface area contributed by atoms with Gasteiger partial charge in [-0.15, -0.1) is 0 Å². The van der Waals surface area contributed by atoms with Crippen LogP contribution in [0.2, 0.25) is 0 Å². The number of carbonyl (C=O) groups excluding carboxylic acids is 1. The molecule has 1 saturated carbocycles. The highest BCUT2D eigenvalue weighted by Gasteiger charge is 2.41. The third-order valence-electron chi connectivity index (χ3n) is 6.72. The fourth-order valence-corrected chi connectivity index (χ4v) is 5.43. The number of halogens is 3. The maximum atomic E-state index is 12.6. The third-order valence-corrected chi connectivity index (χ3v) is 6.72. The van der Waals surface area contributed by atoms with Crippen molar-refractivity contribution in [1.29, 1.82) is 0 Å². The molecule has 1 fully saturated rings. The summed E-state index contributed by atoms with van der Waals surface area (Å²) in [6, 6.07) is -0.576. The minimum Gasteiger partial charge on any atom is -0.344 e. The van der Waals surface area contributed by atoms with Crippen LogP contribution in [0.15, 0.2) is 22.8 Å². The Morgan fingerprint density at radius 1 is 1.00 bits per heavy atom. The lowest BCUT2D eigenvalue weighted by atomic mass is 9.84. The van der Waals surface area contributed by atoms with E-state index in [1.54, 1.807) is 5.57 Å². The molecule has 2 rings (SSSR count). The molecule has 2 N–H and O–H groups in total. The summed E-state index contributed by atoms with van der Waals surface area (Å²) >= 11 is 0. The van der Waals surface area contributed by atoms with Crippen LogP contribution < -0.4 is 10.6 Å². The fraction of sp³-hybridized carbons (Fsp3) is 0.783. The van der Waals surface area contributed by atoms with Crippen molar-refractivity contribution in [1.82, 2.24) is 10.6 Å². The summed E-state index contributed by atoms with van der Waals surface area (Å²) in [7, 11) is 0. The lowest BCUT2D eigenvalue weighted by Gasteiger charge is -2.33. The smallest absolute Gasteiger partial charge is 0.344 e. The molecule has 1 amide bonds. The van der Waals surface area contributed by atoms with Gasteiger partial charge in [0.1, 0.15) is 0 Å². The van der Waals surface area contributed by atoms with Crippen molar-refractivity contribution in [3.05, 3.63) is 22.8 Å². The topological polar surface area (TPSA) is 41.1 Å². The second-order valence-electron chi connectivity index (χ2n) is 8.28. The van der Waals surface area contributed by atoms with Crippen molar-refractivity contribution in [2.75, 3.05) is 6.54 Å². The van der Waals surface area contributed by atoms with Crippen molar-refractivity contribution >= 4 is 5.91 Å². The number of carbonyl (C=O) groups is 1. The van der Waals surface area contributed by atoms with Gasteiger partial charge in [0, 0.05) is 18.6 Å². The molecule has 0 aromatic carbocycles. The fourth-order valence-electron chi connectivity index (χ4n) is 5.43. The van der Waals surface area contributed by atoms with Gasteiger partial charge in [0.15, 0.2) is 0 Å². The molecule has 0 heterocycles. The Labute approximate surface area is 173 Å². The van der Waals surface area contributed by atoms with Crippen LogP contribution in [0.25, 0.3) is 0 Å². The first kappa shape index (κ1) is 24.0. The van der Waals surface area contributed by atoms with E-state index in [2.05, 4.69) is 44.4 Å². The summed E-state index contributed by atoms with van der Waals surface area (Å²) in [5.41, 5.74) is 4.50. The highest BCUT2D eigenvalue weighted by molar-refractivity contribution is 5.82. The molecule has 0 aromatic rings. The van der Waals surface area contributed by atoms with Gasteiger partial charge in [-0.25, -0.2) is 0 Å². The van der Waals surface area contributed by atoms with Gasteiger partial charge in [-0.05, 0) is 61.5 Å². The lowest BCUT2D eigenvalue weighted by molar-refractivity contribution is -0.174. The van der Waals surface area contributed by atoms with Crippen LogP contribution in [0.1, 0.15) is 79.1 Å². The van der Waals surface area contributed by atoms with Crippen LogP contribution in [-0.4, -0.2) is 30.7 Å². The largest absolute Gasteiger partial charge is 0.471 e. The van der Waals surface area contributed by atoms with E-state index in [0.717, 1.165) is 44.9 Å². The predicted molar refractivity (Wildman–Crippen MR) is 111 cm³/mol. The zero-order chi connectivity index (χ0) is 21.6. The maximum absolute atomic E-state index is 12.6. The highest BCUT2D eigenvalue weighted by atomic mass is 19.4. The molecule has 29 heavy (non-hydrogen) atoms. The molecule has 0 aliphatic heterocycles. The molecule has 2 aliphatic carbocycles. The molecular weight excluding hydrogens is 377 g/mol. The number of nitrogens with one attached hydrogen (secondary N) is 2. The van der Waals surface area contributed by atoms with Gasteiger partial charge >= 0.3 is 12.1 Å². The molecule has 2 unspecified atom stereocenters. The molecule has 0 bridgehead atoms. The molecular formula is C23H37F3N2O. The Kier molecular flexibility index (Phi) is 8.80. The molecule has 0 radical (unpaired) electrons. The van der Waals surface area contributed by atoms with E-state index in [-0.39, 0.29) is 6.04 Å². The van der Waals surface area contributed by atoms with Gasteiger partial charge in [0.25, 0.3) is 0 Å². The summed E-state index contributed by atoms with van der Waals surface area (Å²) in [6.45, 7) is 9.57. The first-order chi connectivity index (χ1) is 13.8. The summed E-state index contributed by atoms with van der Waals surface area (Å²) < 4.78 is 37.9.